The van der Waals surface area contributed by atoms with Gasteiger partial charge in [-0.25, -0.2) is 0 Å². The van der Waals surface area contributed by atoms with E-state index >= 15 is 0 Å². The van der Waals surface area contributed by atoms with Crippen molar-refractivity contribution in [2.45, 2.75) is 19.9 Å². The van der Waals surface area contributed by atoms with Crippen LogP contribution in [0.1, 0.15) is 35.8 Å². The molecule has 1 amide bonds. The van der Waals surface area contributed by atoms with E-state index in [9.17, 15) is 14.9 Å². The number of carbonyl (C=O) groups excluding carboxylic acids is 1. The second-order valence-corrected chi connectivity index (χ2v) is 5.44. The zero-order valence-corrected chi connectivity index (χ0v) is 14.4. The van der Waals surface area contributed by atoms with Gasteiger partial charge in [-0.1, -0.05) is 12.1 Å². The zero-order valence-electron chi connectivity index (χ0n) is 14.4. The Morgan fingerprint density at radius 3 is 2.68 bits per heavy atom. The highest BCUT2D eigenvalue weighted by molar-refractivity contribution is 5.95. The summed E-state index contributed by atoms with van der Waals surface area (Å²) < 4.78 is 5.48. The summed E-state index contributed by atoms with van der Waals surface area (Å²) in [5.74, 6) is 0.380. The second-order valence-electron chi connectivity index (χ2n) is 5.44. The molecule has 0 saturated carbocycles. The molecular formula is C18H21N3O4. The highest BCUT2D eigenvalue weighted by Gasteiger charge is 2.19. The molecule has 132 valence electrons. The maximum Gasteiger partial charge on any atom is 0.293 e. The first-order chi connectivity index (χ1) is 12.0. The maximum absolute atomic E-state index is 11.7. The number of carbonyl (C=O) groups is 1. The van der Waals surface area contributed by atoms with Crippen molar-refractivity contribution in [3.8, 4) is 5.75 Å². The van der Waals surface area contributed by atoms with Gasteiger partial charge in [0.2, 0.25) is 0 Å². The lowest BCUT2D eigenvalue weighted by molar-refractivity contribution is -0.384. The highest BCUT2D eigenvalue weighted by atomic mass is 16.6. The summed E-state index contributed by atoms with van der Waals surface area (Å²) in [7, 11) is 1.48. The van der Waals surface area contributed by atoms with Crippen LogP contribution in [0.3, 0.4) is 0 Å². The van der Waals surface area contributed by atoms with Crippen LogP contribution >= 0.6 is 0 Å². The molecule has 0 bridgehead atoms. The average molecular weight is 343 g/mol. The third-order valence-corrected chi connectivity index (χ3v) is 3.72. The van der Waals surface area contributed by atoms with Crippen LogP contribution < -0.4 is 15.4 Å². The monoisotopic (exact) mass is 343 g/mol. The molecule has 1 atom stereocenters. The van der Waals surface area contributed by atoms with E-state index in [-0.39, 0.29) is 23.2 Å². The van der Waals surface area contributed by atoms with Crippen LogP contribution in [0, 0.1) is 10.1 Å². The van der Waals surface area contributed by atoms with Crippen LogP contribution in [0.4, 0.5) is 11.4 Å². The number of nitrogens with zero attached hydrogens (tertiary/aromatic N) is 1. The van der Waals surface area contributed by atoms with Gasteiger partial charge in [-0.15, -0.1) is 0 Å². The van der Waals surface area contributed by atoms with Crippen molar-refractivity contribution in [3.05, 3.63) is 63.7 Å². The fraction of sp³-hybridized carbons (Fsp3) is 0.278. The fourth-order valence-corrected chi connectivity index (χ4v) is 2.45. The topological polar surface area (TPSA) is 93.5 Å². The van der Waals surface area contributed by atoms with Crippen molar-refractivity contribution < 1.29 is 14.5 Å². The van der Waals surface area contributed by atoms with E-state index in [4.69, 9.17) is 4.74 Å². The fourth-order valence-electron chi connectivity index (χ4n) is 2.45. The zero-order chi connectivity index (χ0) is 18.4. The quantitative estimate of drug-likeness (QED) is 0.592. The minimum Gasteiger partial charge on any atom is -0.494 e. The Morgan fingerprint density at radius 1 is 1.28 bits per heavy atom. The maximum atomic E-state index is 11.7. The molecule has 0 radical (unpaired) electrons. The van der Waals surface area contributed by atoms with Gasteiger partial charge in [0.1, 0.15) is 11.4 Å². The molecule has 2 aromatic rings. The number of nitro benzene ring substituents is 1. The molecule has 7 nitrogen and oxygen atoms in total. The van der Waals surface area contributed by atoms with Crippen molar-refractivity contribution in [3.63, 3.8) is 0 Å². The largest absolute Gasteiger partial charge is 0.494 e. The molecule has 0 aliphatic rings. The Hall–Kier alpha value is -3.09. The molecular weight excluding hydrogens is 322 g/mol. The van der Waals surface area contributed by atoms with E-state index in [0.717, 1.165) is 11.3 Å². The number of nitro groups is 1. The molecule has 7 heteroatoms. The number of rotatable bonds is 7. The Balaban J connectivity index is 2.28. The lowest BCUT2D eigenvalue weighted by atomic mass is 10.1. The molecule has 0 spiro atoms. The Labute approximate surface area is 146 Å². The van der Waals surface area contributed by atoms with Crippen molar-refractivity contribution in [2.75, 3.05) is 19.0 Å². The van der Waals surface area contributed by atoms with Crippen LogP contribution in [-0.4, -0.2) is 24.5 Å². The molecule has 25 heavy (non-hydrogen) atoms. The van der Waals surface area contributed by atoms with E-state index < -0.39 is 4.92 Å². The number of amides is 1. The predicted octanol–water partition coefficient (Wildman–Crippen LogP) is 3.53. The van der Waals surface area contributed by atoms with Crippen LogP contribution in [0.2, 0.25) is 0 Å². The van der Waals surface area contributed by atoms with Gasteiger partial charge in [0.05, 0.1) is 11.5 Å². The first-order valence-electron chi connectivity index (χ1n) is 7.96. The van der Waals surface area contributed by atoms with Gasteiger partial charge in [-0.05, 0) is 43.7 Å². The van der Waals surface area contributed by atoms with E-state index in [2.05, 4.69) is 10.6 Å². The SMILES string of the molecule is CCOc1cccc(C(C)Nc2ccc(C(=O)NC)cc2[N+](=O)[O-])c1. The summed E-state index contributed by atoms with van der Waals surface area (Å²) in [6, 6.07) is 11.7. The summed E-state index contributed by atoms with van der Waals surface area (Å²) in [6.07, 6.45) is 0. The van der Waals surface area contributed by atoms with E-state index in [1.165, 1.54) is 13.1 Å². The van der Waals surface area contributed by atoms with E-state index in [1.54, 1.807) is 12.1 Å². The number of benzene rings is 2. The third-order valence-electron chi connectivity index (χ3n) is 3.72. The minimum absolute atomic E-state index is 0.145. The summed E-state index contributed by atoms with van der Waals surface area (Å²) in [6.45, 7) is 4.38. The van der Waals surface area contributed by atoms with Crippen LogP contribution in [0.15, 0.2) is 42.5 Å². The highest BCUT2D eigenvalue weighted by Crippen LogP contribution is 2.30. The van der Waals surface area contributed by atoms with Gasteiger partial charge < -0.3 is 15.4 Å². The molecule has 0 heterocycles. The van der Waals surface area contributed by atoms with Crippen molar-refractivity contribution in [1.82, 2.24) is 5.32 Å². The number of hydrogen-bond donors (Lipinski definition) is 2. The predicted molar refractivity (Wildman–Crippen MR) is 96.1 cm³/mol. The lowest BCUT2D eigenvalue weighted by Crippen LogP contribution is -2.18. The van der Waals surface area contributed by atoms with Crippen molar-refractivity contribution >= 4 is 17.3 Å². The second kappa shape index (κ2) is 8.14. The van der Waals surface area contributed by atoms with Crippen LogP contribution in [-0.2, 0) is 0 Å². The Kier molecular flexibility index (Phi) is 5.94. The lowest BCUT2D eigenvalue weighted by Gasteiger charge is -2.17. The summed E-state index contributed by atoms with van der Waals surface area (Å²) in [5.41, 5.74) is 1.39. The van der Waals surface area contributed by atoms with Crippen LogP contribution in [0.25, 0.3) is 0 Å². The minimum atomic E-state index is -0.502. The van der Waals surface area contributed by atoms with Gasteiger partial charge in [0.25, 0.3) is 11.6 Å². The Bertz CT molecular complexity index is 777. The summed E-state index contributed by atoms with van der Waals surface area (Å²) in [4.78, 5) is 22.5. The molecule has 2 rings (SSSR count). The first kappa shape index (κ1) is 18.3. The summed E-state index contributed by atoms with van der Waals surface area (Å²) >= 11 is 0. The number of nitrogens with one attached hydrogen (secondary N) is 2. The average Bonchev–Trinajstić information content (AvgIpc) is 2.61. The molecule has 0 aliphatic carbocycles. The molecule has 0 aliphatic heterocycles. The number of ether oxygens (including phenoxy) is 1. The van der Waals surface area contributed by atoms with Gasteiger partial charge in [-0.2, -0.15) is 0 Å². The van der Waals surface area contributed by atoms with E-state index in [0.29, 0.717) is 12.3 Å². The van der Waals surface area contributed by atoms with Crippen LogP contribution in [0.5, 0.6) is 5.75 Å². The van der Waals surface area contributed by atoms with Crippen molar-refractivity contribution in [1.29, 1.82) is 0 Å². The van der Waals surface area contributed by atoms with Gasteiger partial charge in [-0.3, -0.25) is 14.9 Å². The first-order valence-corrected chi connectivity index (χ1v) is 7.96. The molecule has 0 aromatic heterocycles. The smallest absolute Gasteiger partial charge is 0.293 e. The standard InChI is InChI=1S/C18H21N3O4/c1-4-25-15-7-5-6-13(10-15)12(2)20-16-9-8-14(18(22)19-3)11-17(16)21(23)24/h5-12,20H,4H2,1-3H3,(H,19,22). The van der Waals surface area contributed by atoms with Gasteiger partial charge >= 0.3 is 0 Å². The Morgan fingerprint density at radius 2 is 2.04 bits per heavy atom. The van der Waals surface area contributed by atoms with E-state index in [1.807, 2.05) is 38.1 Å². The third kappa shape index (κ3) is 4.47. The summed E-state index contributed by atoms with van der Waals surface area (Å²) in [5, 5.41) is 16.9. The van der Waals surface area contributed by atoms with Gasteiger partial charge in [0, 0.05) is 24.7 Å². The number of anilines is 1. The molecule has 1 unspecified atom stereocenters. The normalized spacial score (nSPS) is 11.5. The molecule has 0 saturated heterocycles. The molecule has 2 N–H and O–H groups in total. The molecule has 0 fully saturated rings. The number of hydrogen-bond acceptors (Lipinski definition) is 5. The van der Waals surface area contributed by atoms with Gasteiger partial charge in [0.15, 0.2) is 0 Å². The van der Waals surface area contributed by atoms with Crippen molar-refractivity contribution in [2.24, 2.45) is 0 Å². The molecule has 2 aromatic carbocycles.